The van der Waals surface area contributed by atoms with Crippen molar-refractivity contribution in [2.45, 2.75) is 18.8 Å². The Morgan fingerprint density at radius 2 is 1.69 bits per heavy atom. The summed E-state index contributed by atoms with van der Waals surface area (Å²) in [6.45, 7) is 0. The fourth-order valence-electron chi connectivity index (χ4n) is 2.06. The lowest BCUT2D eigenvalue weighted by atomic mass is 10.0. The molecule has 0 atom stereocenters. The van der Waals surface area contributed by atoms with Gasteiger partial charge in [0.1, 0.15) is 0 Å². The Balaban J connectivity index is 2.26. The molecule has 0 saturated heterocycles. The lowest BCUT2D eigenvalue weighted by Gasteiger charge is -2.13. The Hall–Kier alpha value is -1.75. The normalized spacial score (nSPS) is 12.3. The molecular weight excluding hydrogens is 402 g/mol. The fourth-order valence-corrected chi connectivity index (χ4v) is 3.25. The highest BCUT2D eigenvalue weighted by molar-refractivity contribution is 7.99. The predicted molar refractivity (Wildman–Crippen MR) is 88.4 cm³/mol. The predicted octanol–water partition coefficient (Wildman–Crippen LogP) is 5.07. The number of halogens is 6. The average molecular weight is 414 g/mol. The Morgan fingerprint density at radius 3 is 2.19 bits per heavy atom. The monoisotopic (exact) mass is 414 g/mol. The van der Waals surface area contributed by atoms with E-state index in [4.69, 9.17) is 0 Å². The molecule has 0 unspecified atom stereocenters. The number of hydrogen-bond acceptors (Lipinski definition) is 4. The number of nitrogens with zero attached hydrogens (tertiary/aromatic N) is 1. The van der Waals surface area contributed by atoms with E-state index < -0.39 is 23.5 Å². The summed E-state index contributed by atoms with van der Waals surface area (Å²) in [6.07, 6.45) is -6.89. The standard InChI is InChI=1S/C15H12F6N2OS2/c1-25-7-12(24)23-13-22-6-11(26-13)4-8-2-9(14(16,17)18)5-10(3-8)15(19,20)21/h2-3,5-6H,4,7H2,1H3,(H,22,23,24). The summed E-state index contributed by atoms with van der Waals surface area (Å²) >= 11 is 2.29. The molecule has 1 N–H and O–H groups in total. The Labute approximate surface area is 152 Å². The second-order valence-electron chi connectivity index (χ2n) is 5.20. The first-order valence-electron chi connectivity index (χ1n) is 7.01. The van der Waals surface area contributed by atoms with E-state index in [1.807, 2.05) is 0 Å². The summed E-state index contributed by atoms with van der Waals surface area (Å²) in [4.78, 5) is 15.8. The van der Waals surface area contributed by atoms with Crippen molar-refractivity contribution in [3.05, 3.63) is 46.0 Å². The van der Waals surface area contributed by atoms with Crippen molar-refractivity contribution in [3.63, 3.8) is 0 Å². The van der Waals surface area contributed by atoms with Gasteiger partial charge >= 0.3 is 12.4 Å². The van der Waals surface area contributed by atoms with E-state index in [9.17, 15) is 31.1 Å². The highest BCUT2D eigenvalue weighted by atomic mass is 32.2. The summed E-state index contributed by atoms with van der Waals surface area (Å²) < 4.78 is 77.2. The number of thioether (sulfide) groups is 1. The zero-order valence-electron chi connectivity index (χ0n) is 13.2. The Kier molecular flexibility index (Phi) is 6.22. The molecular formula is C15H12F6N2OS2. The molecule has 2 rings (SSSR count). The van der Waals surface area contributed by atoms with Gasteiger partial charge in [0.2, 0.25) is 5.91 Å². The van der Waals surface area contributed by atoms with E-state index in [0.29, 0.717) is 17.0 Å². The van der Waals surface area contributed by atoms with Crippen LogP contribution in [0.2, 0.25) is 0 Å². The van der Waals surface area contributed by atoms with Gasteiger partial charge in [-0.25, -0.2) is 4.98 Å². The zero-order valence-corrected chi connectivity index (χ0v) is 14.8. The Bertz CT molecular complexity index is 753. The number of anilines is 1. The molecule has 1 amide bonds. The van der Waals surface area contributed by atoms with Gasteiger partial charge < -0.3 is 5.32 Å². The minimum Gasteiger partial charge on any atom is -0.301 e. The summed E-state index contributed by atoms with van der Waals surface area (Å²) in [5.74, 6) is -0.0888. The molecule has 1 heterocycles. The van der Waals surface area contributed by atoms with Crippen molar-refractivity contribution in [1.29, 1.82) is 0 Å². The molecule has 142 valence electrons. The molecule has 1 aromatic heterocycles. The van der Waals surface area contributed by atoms with Crippen LogP contribution in [0.3, 0.4) is 0 Å². The van der Waals surface area contributed by atoms with Gasteiger partial charge in [-0.1, -0.05) is 0 Å². The zero-order chi connectivity index (χ0) is 19.5. The van der Waals surface area contributed by atoms with Crippen molar-refractivity contribution in [3.8, 4) is 0 Å². The number of carbonyl (C=O) groups is 1. The molecule has 1 aromatic carbocycles. The molecule has 3 nitrogen and oxygen atoms in total. The Morgan fingerprint density at radius 1 is 1.12 bits per heavy atom. The second-order valence-corrected chi connectivity index (χ2v) is 7.19. The molecule has 0 spiro atoms. The van der Waals surface area contributed by atoms with Crippen LogP contribution < -0.4 is 5.32 Å². The van der Waals surface area contributed by atoms with Crippen LogP contribution in [-0.2, 0) is 23.6 Å². The van der Waals surface area contributed by atoms with Gasteiger partial charge in [-0.2, -0.15) is 38.1 Å². The van der Waals surface area contributed by atoms with Crippen LogP contribution in [0.25, 0.3) is 0 Å². The minimum atomic E-state index is -4.89. The SMILES string of the molecule is CSCC(=O)Nc1ncc(Cc2cc(C(F)(F)F)cc(C(F)(F)F)c2)s1. The van der Waals surface area contributed by atoms with Gasteiger partial charge in [-0.3, -0.25) is 4.79 Å². The van der Waals surface area contributed by atoms with Gasteiger partial charge in [0.05, 0.1) is 16.9 Å². The molecule has 2 aromatic rings. The van der Waals surface area contributed by atoms with Crippen molar-refractivity contribution < 1.29 is 31.1 Å². The van der Waals surface area contributed by atoms with Crippen LogP contribution in [-0.4, -0.2) is 22.9 Å². The van der Waals surface area contributed by atoms with Gasteiger partial charge in [-0.15, -0.1) is 11.3 Å². The molecule has 0 bridgehead atoms. The van der Waals surface area contributed by atoms with Crippen molar-refractivity contribution in [2.24, 2.45) is 0 Å². The van der Waals surface area contributed by atoms with E-state index in [1.165, 1.54) is 18.0 Å². The first-order chi connectivity index (χ1) is 12.0. The molecule has 0 aliphatic carbocycles. The number of benzene rings is 1. The molecule has 11 heteroatoms. The highest BCUT2D eigenvalue weighted by Gasteiger charge is 2.36. The summed E-state index contributed by atoms with van der Waals surface area (Å²) in [5, 5.41) is 2.75. The van der Waals surface area contributed by atoms with E-state index in [-0.39, 0.29) is 34.8 Å². The quantitative estimate of drug-likeness (QED) is 0.695. The minimum absolute atomic E-state index is 0.0875. The fraction of sp³-hybridized carbons (Fsp3) is 0.333. The van der Waals surface area contributed by atoms with Gasteiger partial charge in [0, 0.05) is 17.5 Å². The number of carbonyl (C=O) groups excluding carboxylic acids is 1. The van der Waals surface area contributed by atoms with E-state index in [2.05, 4.69) is 10.3 Å². The van der Waals surface area contributed by atoms with Gasteiger partial charge in [0.15, 0.2) is 5.13 Å². The number of alkyl halides is 6. The molecule has 26 heavy (non-hydrogen) atoms. The van der Waals surface area contributed by atoms with E-state index in [0.717, 1.165) is 11.3 Å². The lowest BCUT2D eigenvalue weighted by molar-refractivity contribution is -0.143. The number of thiazole rings is 1. The number of amides is 1. The maximum absolute atomic E-state index is 12.9. The number of aromatic nitrogens is 1. The molecule has 0 radical (unpaired) electrons. The van der Waals surface area contributed by atoms with Crippen LogP contribution in [0.1, 0.15) is 21.6 Å². The lowest BCUT2D eigenvalue weighted by Crippen LogP contribution is -2.13. The summed E-state index contributed by atoms with van der Waals surface area (Å²) in [6, 6.07) is 1.45. The molecule has 0 fully saturated rings. The number of rotatable bonds is 5. The third-order valence-corrected chi connectivity index (χ3v) is 4.56. The molecule has 0 aliphatic heterocycles. The van der Waals surface area contributed by atoms with Crippen molar-refractivity contribution in [2.75, 3.05) is 17.3 Å². The first kappa shape index (κ1) is 20.6. The van der Waals surface area contributed by atoms with Crippen LogP contribution in [0.15, 0.2) is 24.4 Å². The smallest absolute Gasteiger partial charge is 0.301 e. The topological polar surface area (TPSA) is 42.0 Å². The van der Waals surface area contributed by atoms with Crippen LogP contribution in [0.5, 0.6) is 0 Å². The van der Waals surface area contributed by atoms with Gasteiger partial charge in [0.25, 0.3) is 0 Å². The van der Waals surface area contributed by atoms with Crippen LogP contribution >= 0.6 is 23.1 Å². The summed E-state index contributed by atoms with van der Waals surface area (Å²) in [7, 11) is 0. The molecule has 0 saturated carbocycles. The third-order valence-electron chi connectivity index (χ3n) is 3.10. The van der Waals surface area contributed by atoms with Crippen LogP contribution in [0.4, 0.5) is 31.5 Å². The number of hydrogen-bond donors (Lipinski definition) is 1. The van der Waals surface area contributed by atoms with E-state index >= 15 is 0 Å². The van der Waals surface area contributed by atoms with Crippen molar-refractivity contribution >= 4 is 34.1 Å². The van der Waals surface area contributed by atoms with E-state index in [1.54, 1.807) is 6.26 Å². The summed E-state index contributed by atoms with van der Waals surface area (Å²) in [5.41, 5.74) is -2.86. The average Bonchev–Trinajstić information content (AvgIpc) is 2.92. The first-order valence-corrected chi connectivity index (χ1v) is 9.22. The highest BCUT2D eigenvalue weighted by Crippen LogP contribution is 2.37. The van der Waals surface area contributed by atoms with Crippen LogP contribution in [0, 0.1) is 0 Å². The maximum atomic E-state index is 12.9. The second kappa shape index (κ2) is 7.87. The number of nitrogens with one attached hydrogen (secondary N) is 1. The third kappa shape index (κ3) is 5.63. The van der Waals surface area contributed by atoms with Crippen molar-refractivity contribution in [1.82, 2.24) is 4.98 Å². The maximum Gasteiger partial charge on any atom is 0.416 e. The van der Waals surface area contributed by atoms with Gasteiger partial charge in [-0.05, 0) is 30.0 Å². The molecule has 0 aliphatic rings. The largest absolute Gasteiger partial charge is 0.416 e.